The Labute approximate surface area is 214 Å². The van der Waals surface area contributed by atoms with Crippen LogP contribution >= 0.6 is 0 Å². The summed E-state index contributed by atoms with van der Waals surface area (Å²) in [6.45, 7) is -3.42. The van der Waals surface area contributed by atoms with Gasteiger partial charge < -0.3 is 14.6 Å². The van der Waals surface area contributed by atoms with Crippen molar-refractivity contribution in [1.82, 2.24) is 0 Å². The van der Waals surface area contributed by atoms with E-state index in [1.807, 2.05) is 0 Å². The molecule has 3 aromatic carbocycles. The Balaban J connectivity index is 1.79. The van der Waals surface area contributed by atoms with Gasteiger partial charge in [-0.05, 0) is 60.0 Å². The normalized spacial score (nSPS) is 15.6. The molecule has 0 radical (unpaired) electrons. The fourth-order valence-corrected chi connectivity index (χ4v) is 5.51. The second-order valence-corrected chi connectivity index (χ2v) is 10.2. The van der Waals surface area contributed by atoms with Gasteiger partial charge in [-0.3, -0.25) is 9.10 Å². The highest BCUT2D eigenvalue weighted by molar-refractivity contribution is 7.92. The Bertz CT molecular complexity index is 1440. The molecule has 0 aromatic heterocycles. The van der Waals surface area contributed by atoms with Crippen molar-refractivity contribution in [3.8, 4) is 22.6 Å². The molecule has 4 rings (SSSR count). The number of fused-ring (bicyclic) bond motifs is 1. The molecule has 0 fully saturated rings. The van der Waals surface area contributed by atoms with Gasteiger partial charge in [-0.2, -0.15) is 22.0 Å². The molecular weight excluding hydrogens is 537 g/mol. The number of aliphatic carboxylic acids is 1. The predicted molar refractivity (Wildman–Crippen MR) is 126 cm³/mol. The van der Waals surface area contributed by atoms with E-state index < -0.39 is 45.3 Å². The first-order valence-electron chi connectivity index (χ1n) is 11.1. The molecule has 1 aliphatic rings. The number of nitrogens with zero attached hydrogens (tertiary/aromatic N) is 1. The van der Waals surface area contributed by atoms with Crippen LogP contribution in [0, 0.1) is 0 Å². The first kappa shape index (κ1) is 27.2. The molecule has 202 valence electrons. The zero-order chi connectivity index (χ0) is 27.7. The van der Waals surface area contributed by atoms with Crippen molar-refractivity contribution in [2.24, 2.45) is 0 Å². The number of sulfonamides is 1. The lowest BCUT2D eigenvalue weighted by Crippen LogP contribution is -2.43. The molecule has 1 unspecified atom stereocenters. The summed E-state index contributed by atoms with van der Waals surface area (Å²) < 4.78 is 104. The molecule has 0 saturated carbocycles. The third-order valence-electron chi connectivity index (χ3n) is 5.71. The van der Waals surface area contributed by atoms with Gasteiger partial charge in [0.15, 0.2) is 0 Å². The monoisotopic (exact) mass is 557 g/mol. The summed E-state index contributed by atoms with van der Waals surface area (Å²) in [5.74, 6) is -1.20. The lowest BCUT2D eigenvalue weighted by molar-refractivity contribution is -0.138. The Kier molecular flexibility index (Phi) is 7.49. The van der Waals surface area contributed by atoms with Gasteiger partial charge in [0, 0.05) is 6.42 Å². The first-order valence-corrected chi connectivity index (χ1v) is 12.6. The molecule has 38 heavy (non-hydrogen) atoms. The molecule has 13 heteroatoms. The van der Waals surface area contributed by atoms with Crippen molar-refractivity contribution >= 4 is 21.7 Å². The zero-order valence-corrected chi connectivity index (χ0v) is 20.2. The quantitative estimate of drug-likeness (QED) is 0.352. The molecule has 1 N–H and O–H groups in total. The lowest BCUT2D eigenvalue weighted by Gasteiger charge is -2.36. The van der Waals surface area contributed by atoms with Gasteiger partial charge in [-0.25, -0.2) is 8.42 Å². The van der Waals surface area contributed by atoms with Crippen molar-refractivity contribution in [2.75, 3.05) is 10.8 Å². The molecular formula is C25H20F5NO6S. The number of anilines is 1. The summed E-state index contributed by atoms with van der Waals surface area (Å²) in [7, 11) is -4.57. The molecule has 3 aromatic rings. The summed E-state index contributed by atoms with van der Waals surface area (Å²) in [5, 5.41) is 9.04. The number of halogens is 5. The SMILES string of the molecule is O=C(O)CCC1CN(S(=O)(=O)c2cccc(C(F)(F)F)c2)c2cc(-c3cccc(OC(F)F)c3)ccc2O1. The highest BCUT2D eigenvalue weighted by Gasteiger charge is 2.37. The number of rotatable bonds is 8. The van der Waals surface area contributed by atoms with E-state index in [9.17, 15) is 35.2 Å². The smallest absolute Gasteiger partial charge is 0.416 e. The molecule has 7 nitrogen and oxygen atoms in total. The number of carboxylic acid groups (broad SMARTS) is 1. The van der Waals surface area contributed by atoms with Crippen molar-refractivity contribution in [3.63, 3.8) is 0 Å². The van der Waals surface area contributed by atoms with Gasteiger partial charge in [-0.1, -0.05) is 24.3 Å². The molecule has 0 amide bonds. The average Bonchev–Trinajstić information content (AvgIpc) is 2.86. The number of alkyl halides is 5. The van der Waals surface area contributed by atoms with Crippen molar-refractivity contribution < 1.29 is 49.7 Å². The van der Waals surface area contributed by atoms with Crippen LogP contribution in [0.5, 0.6) is 11.5 Å². The number of ether oxygens (including phenoxy) is 2. The minimum Gasteiger partial charge on any atom is -0.486 e. The molecule has 1 heterocycles. The van der Waals surface area contributed by atoms with Gasteiger partial charge in [0.2, 0.25) is 0 Å². The van der Waals surface area contributed by atoms with Gasteiger partial charge in [-0.15, -0.1) is 0 Å². The third-order valence-corrected chi connectivity index (χ3v) is 7.49. The number of hydrogen-bond acceptors (Lipinski definition) is 5. The number of carboxylic acids is 1. The lowest BCUT2D eigenvalue weighted by atomic mass is 10.0. The molecule has 0 spiro atoms. The van der Waals surface area contributed by atoms with Crippen LogP contribution in [0.15, 0.2) is 71.6 Å². The molecule has 0 saturated heterocycles. The van der Waals surface area contributed by atoms with E-state index in [1.165, 1.54) is 36.4 Å². The molecule has 0 aliphatic carbocycles. The topological polar surface area (TPSA) is 93.1 Å². The minimum atomic E-state index is -4.78. The second kappa shape index (κ2) is 10.5. The number of benzene rings is 3. The highest BCUT2D eigenvalue weighted by Crippen LogP contribution is 2.41. The fourth-order valence-electron chi connectivity index (χ4n) is 3.97. The fraction of sp³-hybridized carbons (Fsp3) is 0.240. The maximum absolute atomic E-state index is 13.6. The Morgan fingerprint density at radius 3 is 2.45 bits per heavy atom. The van der Waals surface area contributed by atoms with Crippen LogP contribution in [0.4, 0.5) is 27.6 Å². The first-order chi connectivity index (χ1) is 17.8. The van der Waals surface area contributed by atoms with Crippen LogP contribution < -0.4 is 13.8 Å². The van der Waals surface area contributed by atoms with Gasteiger partial charge in [0.05, 0.1) is 22.7 Å². The second-order valence-electron chi connectivity index (χ2n) is 8.32. The van der Waals surface area contributed by atoms with E-state index in [4.69, 9.17) is 9.84 Å². The van der Waals surface area contributed by atoms with E-state index in [0.29, 0.717) is 17.2 Å². The van der Waals surface area contributed by atoms with Crippen LogP contribution in [0.25, 0.3) is 11.1 Å². The van der Waals surface area contributed by atoms with Gasteiger partial charge in [0.1, 0.15) is 17.6 Å². The summed E-state index contributed by atoms with van der Waals surface area (Å²) in [6.07, 6.45) is -6.06. The van der Waals surface area contributed by atoms with E-state index >= 15 is 0 Å². The summed E-state index contributed by atoms with van der Waals surface area (Å²) in [4.78, 5) is 10.4. The number of hydrogen-bond donors (Lipinski definition) is 1. The average molecular weight is 557 g/mol. The van der Waals surface area contributed by atoms with Crippen LogP contribution in [-0.2, 0) is 21.0 Å². The summed E-state index contributed by atoms with van der Waals surface area (Å²) in [6, 6.07) is 13.3. The van der Waals surface area contributed by atoms with E-state index in [2.05, 4.69) is 4.74 Å². The van der Waals surface area contributed by atoms with E-state index in [1.54, 1.807) is 6.07 Å². The van der Waals surface area contributed by atoms with E-state index in [0.717, 1.165) is 22.5 Å². The van der Waals surface area contributed by atoms with Crippen molar-refractivity contribution in [2.45, 2.75) is 36.6 Å². The maximum Gasteiger partial charge on any atom is 0.416 e. The van der Waals surface area contributed by atoms with E-state index in [-0.39, 0.29) is 36.6 Å². The molecule has 0 bridgehead atoms. The largest absolute Gasteiger partial charge is 0.486 e. The van der Waals surface area contributed by atoms with Crippen LogP contribution in [0.2, 0.25) is 0 Å². The Morgan fingerprint density at radius 2 is 1.76 bits per heavy atom. The Morgan fingerprint density at radius 1 is 1.05 bits per heavy atom. The van der Waals surface area contributed by atoms with Crippen LogP contribution in [0.1, 0.15) is 18.4 Å². The van der Waals surface area contributed by atoms with Gasteiger partial charge >= 0.3 is 18.8 Å². The standard InChI is InChI=1S/C25H20F5NO6S/c26-24(27)37-18-5-1-3-15(11-18)16-7-9-22-21(12-16)31(14-19(36-22)8-10-23(32)33)38(34,35)20-6-2-4-17(13-20)25(28,29)30/h1-7,9,11-13,19,24H,8,10,14H2,(H,32,33). The van der Waals surface area contributed by atoms with Crippen molar-refractivity contribution in [1.29, 1.82) is 0 Å². The summed E-state index contributed by atoms with van der Waals surface area (Å²) >= 11 is 0. The summed E-state index contributed by atoms with van der Waals surface area (Å²) in [5.41, 5.74) is -0.374. The molecule has 1 aliphatic heterocycles. The van der Waals surface area contributed by atoms with Crippen molar-refractivity contribution in [3.05, 3.63) is 72.3 Å². The zero-order valence-electron chi connectivity index (χ0n) is 19.4. The molecule has 1 atom stereocenters. The van der Waals surface area contributed by atoms with Crippen LogP contribution in [-0.4, -0.2) is 38.8 Å². The Hall–Kier alpha value is -3.87. The minimum absolute atomic E-state index is 0.00772. The predicted octanol–water partition coefficient (Wildman–Crippen LogP) is 5.79. The highest BCUT2D eigenvalue weighted by atomic mass is 32.2. The third kappa shape index (κ3) is 5.98. The maximum atomic E-state index is 13.6. The van der Waals surface area contributed by atoms with Gasteiger partial charge in [0.25, 0.3) is 10.0 Å². The number of carbonyl (C=O) groups is 1. The van der Waals surface area contributed by atoms with Crippen LogP contribution in [0.3, 0.4) is 0 Å².